The lowest BCUT2D eigenvalue weighted by Crippen LogP contribution is -2.40. The van der Waals surface area contributed by atoms with E-state index < -0.39 is 12.0 Å². The highest BCUT2D eigenvalue weighted by Crippen LogP contribution is 2.37. The van der Waals surface area contributed by atoms with Crippen LogP contribution in [-0.2, 0) is 16.1 Å². The fourth-order valence-electron chi connectivity index (χ4n) is 4.75. The van der Waals surface area contributed by atoms with Gasteiger partial charge in [0.05, 0.1) is 41.1 Å². The molecular weight excluding hydrogens is 700 g/mol. The number of hydrogen-bond acceptors (Lipinski definition) is 8. The van der Waals surface area contributed by atoms with E-state index in [9.17, 15) is 9.59 Å². The predicted octanol–water partition coefficient (Wildman–Crippen LogP) is 5.92. The van der Waals surface area contributed by atoms with Crippen molar-refractivity contribution < 1.29 is 23.7 Å². The number of allylic oxidation sites excluding steroid dienone is 1. The van der Waals surface area contributed by atoms with Crippen LogP contribution in [0.25, 0.3) is 6.08 Å². The van der Waals surface area contributed by atoms with Gasteiger partial charge >= 0.3 is 5.97 Å². The van der Waals surface area contributed by atoms with E-state index in [1.54, 1.807) is 45.2 Å². The first-order chi connectivity index (χ1) is 20.7. The fraction of sp³-hybridized carbons (Fsp3) is 0.219. The number of fused-ring (bicyclic) bond motifs is 1. The van der Waals surface area contributed by atoms with E-state index in [0.29, 0.717) is 44.4 Å². The molecule has 0 N–H and O–H groups in total. The van der Waals surface area contributed by atoms with Crippen molar-refractivity contribution in [3.63, 3.8) is 0 Å². The minimum Gasteiger partial charge on any atom is -0.497 e. The molecule has 2 heterocycles. The standard InChI is InChI=1S/C32H28Br2N2O6S/c1-5-41-31(38)28-18(2)35-32-36(29(28)23-12-11-22(39-3)16-26(23)40-4)30(37)27(43-32)15-20-8-13-25(24(34)14-20)42-17-19-6-9-21(33)10-7-19/h6-16,29H,5,17H2,1-4H3/b27-15-/t29-/m0/s1. The number of aromatic nitrogens is 1. The Morgan fingerprint density at radius 2 is 1.79 bits per heavy atom. The molecule has 0 saturated heterocycles. The highest BCUT2D eigenvalue weighted by molar-refractivity contribution is 9.10. The normalized spacial score (nSPS) is 14.7. The summed E-state index contributed by atoms with van der Waals surface area (Å²) in [6.07, 6.45) is 1.80. The number of carbonyl (C=O) groups excluding carboxylic acids is 1. The van der Waals surface area contributed by atoms with E-state index in [1.807, 2.05) is 42.5 Å². The number of carbonyl (C=O) groups is 1. The van der Waals surface area contributed by atoms with Gasteiger partial charge in [-0.1, -0.05) is 45.5 Å². The van der Waals surface area contributed by atoms with Gasteiger partial charge in [-0.2, -0.15) is 0 Å². The summed E-state index contributed by atoms with van der Waals surface area (Å²) in [5, 5.41) is 0. The largest absolute Gasteiger partial charge is 0.497 e. The Bertz CT molecular complexity index is 1900. The van der Waals surface area contributed by atoms with Gasteiger partial charge in [0.25, 0.3) is 5.56 Å². The quantitative estimate of drug-likeness (QED) is 0.199. The molecule has 3 aromatic carbocycles. The molecule has 1 aromatic heterocycles. The molecule has 1 aliphatic rings. The average molecular weight is 728 g/mol. The summed E-state index contributed by atoms with van der Waals surface area (Å²) in [5.74, 6) is 1.20. The van der Waals surface area contributed by atoms with Crippen molar-refractivity contribution in [2.75, 3.05) is 20.8 Å². The third-order valence-electron chi connectivity index (χ3n) is 6.81. The van der Waals surface area contributed by atoms with Crippen LogP contribution < -0.4 is 29.1 Å². The highest BCUT2D eigenvalue weighted by Gasteiger charge is 2.35. The number of halogens is 2. The Morgan fingerprint density at radius 3 is 2.47 bits per heavy atom. The molecule has 0 saturated carbocycles. The van der Waals surface area contributed by atoms with E-state index in [1.165, 1.54) is 23.0 Å². The Hall–Kier alpha value is -3.67. The molecule has 0 radical (unpaired) electrons. The lowest BCUT2D eigenvalue weighted by Gasteiger charge is -2.26. The number of methoxy groups -OCH3 is 2. The summed E-state index contributed by atoms with van der Waals surface area (Å²) < 4.78 is 26.2. The number of ether oxygens (including phenoxy) is 4. The maximum absolute atomic E-state index is 14.0. The molecule has 1 aliphatic heterocycles. The number of thiazole rings is 1. The number of hydrogen-bond donors (Lipinski definition) is 0. The molecule has 43 heavy (non-hydrogen) atoms. The van der Waals surface area contributed by atoms with Crippen LogP contribution in [0.3, 0.4) is 0 Å². The molecule has 11 heteroatoms. The van der Waals surface area contributed by atoms with E-state index in [2.05, 4.69) is 36.9 Å². The second kappa shape index (κ2) is 13.3. The smallest absolute Gasteiger partial charge is 0.338 e. The second-order valence-corrected chi connectivity index (χ2v) is 12.3. The molecule has 0 bridgehead atoms. The van der Waals surface area contributed by atoms with Crippen LogP contribution in [0.15, 0.2) is 90.7 Å². The lowest BCUT2D eigenvalue weighted by molar-refractivity contribution is -0.139. The Balaban J connectivity index is 1.56. The molecule has 222 valence electrons. The first-order valence-electron chi connectivity index (χ1n) is 13.3. The van der Waals surface area contributed by atoms with Gasteiger partial charge in [-0.15, -0.1) is 0 Å². The second-order valence-electron chi connectivity index (χ2n) is 9.52. The maximum Gasteiger partial charge on any atom is 0.338 e. The van der Waals surface area contributed by atoms with Crippen LogP contribution in [0, 0.1) is 0 Å². The summed E-state index contributed by atoms with van der Waals surface area (Å²) in [4.78, 5) is 32.3. The third kappa shape index (κ3) is 6.48. The molecule has 1 atom stereocenters. The van der Waals surface area contributed by atoms with Gasteiger partial charge in [0.1, 0.15) is 29.9 Å². The van der Waals surface area contributed by atoms with Crippen LogP contribution in [0.5, 0.6) is 17.2 Å². The van der Waals surface area contributed by atoms with Crippen LogP contribution in [0.1, 0.15) is 36.6 Å². The number of esters is 1. The molecule has 0 spiro atoms. The van der Waals surface area contributed by atoms with Crippen molar-refractivity contribution in [3.05, 3.63) is 117 Å². The monoisotopic (exact) mass is 726 g/mol. The van der Waals surface area contributed by atoms with Gasteiger partial charge in [0, 0.05) is 16.1 Å². The van der Waals surface area contributed by atoms with Crippen molar-refractivity contribution >= 4 is 55.2 Å². The zero-order valence-corrected chi connectivity index (χ0v) is 27.8. The molecule has 0 fully saturated rings. The number of nitrogens with zero attached hydrogens (tertiary/aromatic N) is 2. The van der Waals surface area contributed by atoms with Crippen LogP contribution in [-0.4, -0.2) is 31.4 Å². The Labute approximate surface area is 269 Å². The molecule has 0 aliphatic carbocycles. The molecular formula is C32H28Br2N2O6S. The Kier molecular flexibility index (Phi) is 9.53. The van der Waals surface area contributed by atoms with Gasteiger partial charge in [0.15, 0.2) is 4.80 Å². The SMILES string of the molecule is CCOC(=O)C1=C(C)N=c2s/c(=C\c3ccc(OCc4ccc(Br)cc4)c(Br)c3)c(=O)n2[C@H]1c1ccc(OC)cc1OC. The number of benzene rings is 3. The van der Waals surface area contributed by atoms with E-state index >= 15 is 0 Å². The predicted molar refractivity (Wildman–Crippen MR) is 173 cm³/mol. The first-order valence-corrected chi connectivity index (χ1v) is 15.7. The molecule has 5 rings (SSSR count). The van der Waals surface area contributed by atoms with Crippen LogP contribution >= 0.6 is 43.2 Å². The van der Waals surface area contributed by atoms with E-state index in [-0.39, 0.29) is 17.7 Å². The van der Waals surface area contributed by atoms with Crippen molar-refractivity contribution in [1.29, 1.82) is 0 Å². The minimum atomic E-state index is -0.806. The average Bonchev–Trinajstić information content (AvgIpc) is 3.30. The van der Waals surface area contributed by atoms with Gasteiger partial charge in [-0.3, -0.25) is 9.36 Å². The van der Waals surface area contributed by atoms with E-state index in [0.717, 1.165) is 20.1 Å². The summed E-state index contributed by atoms with van der Waals surface area (Å²) in [7, 11) is 3.10. The van der Waals surface area contributed by atoms with Crippen LogP contribution in [0.4, 0.5) is 0 Å². The summed E-state index contributed by atoms with van der Waals surface area (Å²) in [6.45, 7) is 4.09. The summed E-state index contributed by atoms with van der Waals surface area (Å²) >= 11 is 8.30. The van der Waals surface area contributed by atoms with Gasteiger partial charge in [-0.05, 0) is 83.4 Å². The van der Waals surface area contributed by atoms with Crippen molar-refractivity contribution in [1.82, 2.24) is 4.57 Å². The zero-order chi connectivity index (χ0) is 30.7. The van der Waals surface area contributed by atoms with Crippen molar-refractivity contribution in [2.45, 2.75) is 26.5 Å². The highest BCUT2D eigenvalue weighted by atomic mass is 79.9. The topological polar surface area (TPSA) is 88.4 Å². The number of rotatable bonds is 9. The van der Waals surface area contributed by atoms with Gasteiger partial charge < -0.3 is 18.9 Å². The minimum absolute atomic E-state index is 0.185. The summed E-state index contributed by atoms with van der Waals surface area (Å²) in [6, 6.07) is 18.1. The molecule has 0 amide bonds. The van der Waals surface area contributed by atoms with Crippen molar-refractivity contribution in [2.24, 2.45) is 4.99 Å². The van der Waals surface area contributed by atoms with E-state index in [4.69, 9.17) is 18.9 Å². The molecule has 0 unspecified atom stereocenters. The van der Waals surface area contributed by atoms with Crippen LogP contribution in [0.2, 0.25) is 0 Å². The lowest BCUT2D eigenvalue weighted by atomic mass is 9.95. The maximum atomic E-state index is 14.0. The zero-order valence-electron chi connectivity index (χ0n) is 23.9. The summed E-state index contributed by atoms with van der Waals surface area (Å²) in [5.41, 5.74) is 2.92. The first kappa shape index (κ1) is 30.8. The van der Waals surface area contributed by atoms with Crippen molar-refractivity contribution in [3.8, 4) is 17.2 Å². The molecule has 4 aromatic rings. The fourth-order valence-corrected chi connectivity index (χ4v) is 6.57. The Morgan fingerprint density at radius 1 is 1.02 bits per heavy atom. The molecule has 8 nitrogen and oxygen atoms in total. The third-order valence-corrected chi connectivity index (χ3v) is 8.94. The van der Waals surface area contributed by atoms with Gasteiger partial charge in [0.2, 0.25) is 0 Å². The van der Waals surface area contributed by atoms with Gasteiger partial charge in [-0.25, -0.2) is 9.79 Å².